The SMILES string of the molecule is CS(=O)(=O)c1ccc(S(=O)(=O)N[C@@H]2CCCC[C@H]2O)cc1. The summed E-state index contributed by atoms with van der Waals surface area (Å²) in [5, 5.41) is 9.82. The molecule has 21 heavy (non-hydrogen) atoms. The molecule has 0 aliphatic heterocycles. The summed E-state index contributed by atoms with van der Waals surface area (Å²) in [6, 6.07) is 4.56. The lowest BCUT2D eigenvalue weighted by Crippen LogP contribution is -2.44. The van der Waals surface area contributed by atoms with Gasteiger partial charge in [0.05, 0.1) is 15.9 Å². The number of rotatable bonds is 4. The van der Waals surface area contributed by atoms with Gasteiger partial charge in [-0.05, 0) is 37.1 Å². The quantitative estimate of drug-likeness (QED) is 0.843. The second kappa shape index (κ2) is 6.04. The number of hydrogen-bond donors (Lipinski definition) is 2. The van der Waals surface area contributed by atoms with Gasteiger partial charge >= 0.3 is 0 Å². The fourth-order valence-corrected chi connectivity index (χ4v) is 4.32. The Balaban J connectivity index is 2.19. The van der Waals surface area contributed by atoms with Crippen molar-refractivity contribution >= 4 is 19.9 Å². The molecule has 0 heterocycles. The van der Waals surface area contributed by atoms with Crippen LogP contribution >= 0.6 is 0 Å². The van der Waals surface area contributed by atoms with Crippen LogP contribution in [0.4, 0.5) is 0 Å². The highest BCUT2D eigenvalue weighted by Gasteiger charge is 2.28. The number of aliphatic hydroxyl groups is 1. The van der Waals surface area contributed by atoms with Gasteiger partial charge in [-0.15, -0.1) is 0 Å². The summed E-state index contributed by atoms with van der Waals surface area (Å²) >= 11 is 0. The summed E-state index contributed by atoms with van der Waals surface area (Å²) in [6.07, 6.45) is 3.33. The van der Waals surface area contributed by atoms with E-state index in [-0.39, 0.29) is 9.79 Å². The van der Waals surface area contributed by atoms with E-state index in [1.807, 2.05) is 0 Å². The normalized spacial score (nSPS) is 23.9. The number of sulfonamides is 1. The molecule has 1 aliphatic rings. The number of aliphatic hydroxyl groups excluding tert-OH is 1. The van der Waals surface area contributed by atoms with Crippen LogP contribution in [0, 0.1) is 0 Å². The van der Waals surface area contributed by atoms with Crippen molar-refractivity contribution in [2.75, 3.05) is 6.26 Å². The summed E-state index contributed by atoms with van der Waals surface area (Å²) in [7, 11) is -7.12. The summed E-state index contributed by atoms with van der Waals surface area (Å²) in [6.45, 7) is 0. The molecule has 2 rings (SSSR count). The van der Waals surface area contributed by atoms with Gasteiger partial charge in [0.25, 0.3) is 0 Å². The maximum Gasteiger partial charge on any atom is 0.240 e. The van der Waals surface area contributed by atoms with E-state index < -0.39 is 32.0 Å². The summed E-state index contributed by atoms with van der Waals surface area (Å²) < 4.78 is 49.7. The Kier molecular flexibility index (Phi) is 4.72. The molecule has 1 aromatic carbocycles. The van der Waals surface area contributed by atoms with Gasteiger partial charge in [0, 0.05) is 12.3 Å². The van der Waals surface area contributed by atoms with Crippen molar-refractivity contribution in [3.05, 3.63) is 24.3 Å². The molecule has 0 aromatic heterocycles. The van der Waals surface area contributed by atoms with E-state index in [4.69, 9.17) is 0 Å². The van der Waals surface area contributed by atoms with Gasteiger partial charge in [0.2, 0.25) is 10.0 Å². The molecule has 0 unspecified atom stereocenters. The van der Waals surface area contributed by atoms with Crippen LogP contribution in [-0.4, -0.2) is 40.3 Å². The smallest absolute Gasteiger partial charge is 0.240 e. The van der Waals surface area contributed by atoms with Crippen molar-refractivity contribution in [2.24, 2.45) is 0 Å². The molecule has 0 bridgehead atoms. The standard InChI is InChI=1S/C13H19NO5S2/c1-20(16,17)10-6-8-11(9-7-10)21(18,19)14-12-4-2-3-5-13(12)15/h6-9,12-15H,2-5H2,1H3/t12-,13-/m1/s1. The molecular weight excluding hydrogens is 314 g/mol. The van der Waals surface area contributed by atoms with Crippen LogP contribution in [0.2, 0.25) is 0 Å². The topological polar surface area (TPSA) is 101 Å². The van der Waals surface area contributed by atoms with Crippen LogP contribution in [-0.2, 0) is 19.9 Å². The second-order valence-corrected chi connectivity index (χ2v) is 9.05. The van der Waals surface area contributed by atoms with E-state index in [1.54, 1.807) is 0 Å². The third-order valence-corrected chi connectivity index (χ3v) is 6.23. The average Bonchev–Trinajstić information content (AvgIpc) is 2.40. The zero-order valence-electron chi connectivity index (χ0n) is 11.7. The average molecular weight is 333 g/mol. The van der Waals surface area contributed by atoms with Crippen LogP contribution in [0.25, 0.3) is 0 Å². The molecule has 2 N–H and O–H groups in total. The first kappa shape index (κ1) is 16.4. The monoisotopic (exact) mass is 333 g/mol. The van der Waals surface area contributed by atoms with Gasteiger partial charge in [-0.1, -0.05) is 12.8 Å². The molecule has 0 spiro atoms. The van der Waals surface area contributed by atoms with Gasteiger partial charge in [0.1, 0.15) is 0 Å². The number of nitrogens with one attached hydrogen (secondary N) is 1. The number of sulfone groups is 1. The zero-order valence-corrected chi connectivity index (χ0v) is 13.3. The first-order valence-corrected chi connectivity index (χ1v) is 10.1. The van der Waals surface area contributed by atoms with Crippen LogP contribution in [0.1, 0.15) is 25.7 Å². The predicted octanol–water partition coefficient (Wildman–Crippen LogP) is 0.672. The zero-order chi connectivity index (χ0) is 15.7. The molecule has 8 heteroatoms. The molecule has 0 amide bonds. The minimum absolute atomic E-state index is 0.00678. The fraction of sp³-hybridized carbons (Fsp3) is 0.538. The largest absolute Gasteiger partial charge is 0.391 e. The van der Waals surface area contributed by atoms with Crippen molar-refractivity contribution in [1.29, 1.82) is 0 Å². The minimum Gasteiger partial charge on any atom is -0.391 e. The van der Waals surface area contributed by atoms with Crippen LogP contribution in [0.3, 0.4) is 0 Å². The van der Waals surface area contributed by atoms with E-state index in [0.29, 0.717) is 12.8 Å². The van der Waals surface area contributed by atoms with Gasteiger partial charge in [-0.25, -0.2) is 21.6 Å². The molecule has 0 radical (unpaired) electrons. The van der Waals surface area contributed by atoms with E-state index in [1.165, 1.54) is 24.3 Å². The number of benzene rings is 1. The Morgan fingerprint density at radius 2 is 1.52 bits per heavy atom. The lowest BCUT2D eigenvalue weighted by atomic mass is 9.93. The highest BCUT2D eigenvalue weighted by Crippen LogP contribution is 2.21. The molecular formula is C13H19NO5S2. The molecule has 1 saturated carbocycles. The maximum absolute atomic E-state index is 12.2. The lowest BCUT2D eigenvalue weighted by Gasteiger charge is -2.28. The second-order valence-electron chi connectivity index (χ2n) is 5.32. The lowest BCUT2D eigenvalue weighted by molar-refractivity contribution is 0.101. The molecule has 1 aromatic rings. The molecule has 2 atom stereocenters. The fourth-order valence-electron chi connectivity index (χ4n) is 2.38. The predicted molar refractivity (Wildman–Crippen MR) is 78.1 cm³/mol. The van der Waals surface area contributed by atoms with Crippen molar-refractivity contribution in [3.63, 3.8) is 0 Å². The van der Waals surface area contributed by atoms with E-state index >= 15 is 0 Å². The van der Waals surface area contributed by atoms with Gasteiger partial charge in [-0.3, -0.25) is 0 Å². The Morgan fingerprint density at radius 1 is 1.00 bits per heavy atom. The highest BCUT2D eigenvalue weighted by atomic mass is 32.2. The maximum atomic E-state index is 12.2. The van der Waals surface area contributed by atoms with Crippen molar-refractivity contribution in [2.45, 2.75) is 47.6 Å². The van der Waals surface area contributed by atoms with Gasteiger partial charge in [-0.2, -0.15) is 0 Å². The summed E-state index contributed by atoms with van der Waals surface area (Å²) in [5.74, 6) is 0. The third-order valence-electron chi connectivity index (χ3n) is 3.60. The van der Waals surface area contributed by atoms with E-state index in [9.17, 15) is 21.9 Å². The third kappa shape index (κ3) is 4.03. The molecule has 1 fully saturated rings. The molecule has 0 saturated heterocycles. The first-order valence-electron chi connectivity index (χ1n) is 6.71. The summed E-state index contributed by atoms with van der Waals surface area (Å²) in [5.41, 5.74) is 0. The first-order chi connectivity index (χ1) is 9.70. The summed E-state index contributed by atoms with van der Waals surface area (Å²) in [4.78, 5) is 0.0619. The molecule has 6 nitrogen and oxygen atoms in total. The number of hydrogen-bond acceptors (Lipinski definition) is 5. The molecule has 118 valence electrons. The van der Waals surface area contributed by atoms with Crippen molar-refractivity contribution < 1.29 is 21.9 Å². The van der Waals surface area contributed by atoms with Crippen molar-refractivity contribution in [3.8, 4) is 0 Å². The molecule has 1 aliphatic carbocycles. The minimum atomic E-state index is -3.76. The van der Waals surface area contributed by atoms with E-state index in [2.05, 4.69) is 4.72 Å². The van der Waals surface area contributed by atoms with Crippen LogP contribution < -0.4 is 4.72 Å². The van der Waals surface area contributed by atoms with Gasteiger partial charge in [0.15, 0.2) is 9.84 Å². The van der Waals surface area contributed by atoms with E-state index in [0.717, 1.165) is 19.1 Å². The Hall–Kier alpha value is -0.960. The van der Waals surface area contributed by atoms with Gasteiger partial charge < -0.3 is 5.11 Å². The highest BCUT2D eigenvalue weighted by molar-refractivity contribution is 7.90. The van der Waals surface area contributed by atoms with Crippen LogP contribution in [0.5, 0.6) is 0 Å². The van der Waals surface area contributed by atoms with Crippen molar-refractivity contribution in [1.82, 2.24) is 4.72 Å². The Morgan fingerprint density at radius 3 is 2.05 bits per heavy atom. The Bertz CT molecular complexity index is 695. The van der Waals surface area contributed by atoms with Crippen LogP contribution in [0.15, 0.2) is 34.1 Å². The Labute approximate surface area is 125 Å².